The molecule has 4 heterocycles. The number of piperidine rings is 2. The van der Waals surface area contributed by atoms with Crippen LogP contribution in [-0.4, -0.2) is 66.1 Å². The summed E-state index contributed by atoms with van der Waals surface area (Å²) in [5.74, 6) is 0.443. The number of rotatable bonds is 3. The molecule has 0 aromatic heterocycles. The lowest BCUT2D eigenvalue weighted by Gasteiger charge is -2.55. The molecule has 4 saturated heterocycles. The summed E-state index contributed by atoms with van der Waals surface area (Å²) >= 11 is 0. The van der Waals surface area contributed by atoms with Crippen LogP contribution in [0.4, 0.5) is 0 Å². The van der Waals surface area contributed by atoms with E-state index in [4.69, 9.17) is 0 Å². The van der Waals surface area contributed by atoms with Gasteiger partial charge in [-0.05, 0) is 23.8 Å². The van der Waals surface area contributed by atoms with E-state index in [9.17, 15) is 9.90 Å². The minimum Gasteiger partial charge on any atom is -0.508 e. The van der Waals surface area contributed by atoms with Crippen LogP contribution < -0.4 is 5.32 Å². The van der Waals surface area contributed by atoms with E-state index in [1.54, 1.807) is 24.3 Å². The van der Waals surface area contributed by atoms with Gasteiger partial charge in [0.15, 0.2) is 0 Å². The molecule has 0 aliphatic carbocycles. The molecule has 5 heteroatoms. The molecule has 0 saturated carbocycles. The second-order valence-corrected chi connectivity index (χ2v) is 8.25. The summed E-state index contributed by atoms with van der Waals surface area (Å²) in [4.78, 5) is 18.1. The number of carbonyl (C=O) groups is 1. The molecular weight excluding hydrogens is 338 g/mol. The van der Waals surface area contributed by atoms with E-state index < -0.39 is 0 Å². The molecule has 6 rings (SSSR count). The second kappa shape index (κ2) is 6.36. The number of phenolic OH excluding ortho intramolecular Hbond substituents is 1. The van der Waals surface area contributed by atoms with E-state index in [0.29, 0.717) is 11.5 Å². The van der Waals surface area contributed by atoms with Gasteiger partial charge >= 0.3 is 0 Å². The van der Waals surface area contributed by atoms with Crippen LogP contribution in [0.25, 0.3) is 0 Å². The molecule has 4 aliphatic rings. The zero-order valence-electron chi connectivity index (χ0n) is 15.3. The van der Waals surface area contributed by atoms with Crippen LogP contribution in [0.3, 0.4) is 0 Å². The molecule has 27 heavy (non-hydrogen) atoms. The first-order chi connectivity index (χ1) is 13.1. The molecule has 3 unspecified atom stereocenters. The van der Waals surface area contributed by atoms with Gasteiger partial charge in [-0.25, -0.2) is 0 Å². The number of phenols is 1. The monoisotopic (exact) mass is 363 g/mol. The average molecular weight is 363 g/mol. The zero-order chi connectivity index (χ0) is 18.4. The van der Waals surface area contributed by atoms with Crippen molar-refractivity contribution < 1.29 is 9.90 Å². The van der Waals surface area contributed by atoms with E-state index in [-0.39, 0.29) is 23.1 Å². The van der Waals surface area contributed by atoms with E-state index in [1.165, 1.54) is 5.56 Å². The molecule has 0 spiro atoms. The Morgan fingerprint density at radius 2 is 1.70 bits per heavy atom. The molecule has 4 fully saturated rings. The Balaban J connectivity index is 1.53. The van der Waals surface area contributed by atoms with Gasteiger partial charge in [0.05, 0.1) is 0 Å². The normalized spacial score (nSPS) is 34.2. The Labute approximate surface area is 159 Å². The summed E-state index contributed by atoms with van der Waals surface area (Å²) in [5, 5.41) is 13.1. The Morgan fingerprint density at radius 3 is 2.37 bits per heavy atom. The first-order valence-corrected chi connectivity index (χ1v) is 9.74. The third-order valence-corrected chi connectivity index (χ3v) is 6.54. The highest BCUT2D eigenvalue weighted by molar-refractivity contribution is 5.95. The number of nitrogens with one attached hydrogen (secondary N) is 1. The van der Waals surface area contributed by atoms with Gasteiger partial charge in [-0.1, -0.05) is 36.4 Å². The lowest BCUT2D eigenvalue weighted by molar-refractivity contribution is 0.0180. The largest absolute Gasteiger partial charge is 0.508 e. The van der Waals surface area contributed by atoms with Crippen molar-refractivity contribution in [3.8, 4) is 5.75 Å². The SMILES string of the molecule is O=C(NC1C2CN3CCN(C2)CC1(c1ccccc1)C3)c1cccc(O)c1. The molecule has 3 atom stereocenters. The Bertz CT molecular complexity index is 838. The molecule has 5 nitrogen and oxygen atoms in total. The first-order valence-electron chi connectivity index (χ1n) is 9.74. The number of benzene rings is 2. The maximum Gasteiger partial charge on any atom is 0.251 e. The van der Waals surface area contributed by atoms with Gasteiger partial charge in [0.25, 0.3) is 5.91 Å². The molecule has 140 valence electrons. The standard InChI is InChI=1S/C22H25N3O2/c26-19-8-4-5-16(11-19)21(27)23-20-17-12-24-9-10-25(13-17)15-22(20,14-24)18-6-2-1-3-7-18/h1-8,11,17,20,26H,9-10,12-15H2,(H,23,27). The van der Waals surface area contributed by atoms with Crippen molar-refractivity contribution in [3.05, 3.63) is 65.7 Å². The van der Waals surface area contributed by atoms with Gasteiger partial charge in [-0.2, -0.15) is 0 Å². The summed E-state index contributed by atoms with van der Waals surface area (Å²) in [6.45, 7) is 6.26. The van der Waals surface area contributed by atoms with Crippen molar-refractivity contribution in [2.24, 2.45) is 5.92 Å². The van der Waals surface area contributed by atoms with E-state index in [0.717, 1.165) is 39.3 Å². The molecule has 0 radical (unpaired) electrons. The molecule has 2 aromatic carbocycles. The van der Waals surface area contributed by atoms with E-state index in [2.05, 4.69) is 45.4 Å². The van der Waals surface area contributed by atoms with Crippen molar-refractivity contribution in [2.45, 2.75) is 11.5 Å². The van der Waals surface area contributed by atoms with Gasteiger partial charge in [-0.3, -0.25) is 4.79 Å². The quantitative estimate of drug-likeness (QED) is 0.871. The summed E-state index contributed by atoms with van der Waals surface area (Å²) in [6.07, 6.45) is 0. The predicted octanol–water partition coefficient (Wildman–Crippen LogP) is 1.69. The topological polar surface area (TPSA) is 55.8 Å². The second-order valence-electron chi connectivity index (χ2n) is 8.25. The van der Waals surface area contributed by atoms with Gasteiger partial charge in [0.2, 0.25) is 0 Å². The minimum atomic E-state index is -0.0950. The lowest BCUT2D eigenvalue weighted by atomic mass is 9.64. The maximum absolute atomic E-state index is 13.0. The van der Waals surface area contributed by atoms with Crippen LogP contribution in [0.1, 0.15) is 15.9 Å². The maximum atomic E-state index is 13.0. The van der Waals surface area contributed by atoms with Gasteiger partial charge in [0.1, 0.15) is 5.75 Å². The Kier molecular flexibility index (Phi) is 3.95. The minimum absolute atomic E-state index is 0.0919. The number of amides is 1. The molecule has 1 amide bonds. The first kappa shape index (κ1) is 16.8. The summed E-state index contributed by atoms with van der Waals surface area (Å²) in [5.41, 5.74) is 1.74. The fourth-order valence-electron chi connectivity index (χ4n) is 5.44. The molecule has 4 bridgehead atoms. The third kappa shape index (κ3) is 2.82. The summed E-state index contributed by atoms with van der Waals surface area (Å²) < 4.78 is 0. The van der Waals surface area contributed by atoms with Crippen LogP contribution >= 0.6 is 0 Å². The highest BCUT2D eigenvalue weighted by Gasteiger charge is 2.55. The number of fused-ring (bicyclic) bond motifs is 1. The van der Waals surface area contributed by atoms with Crippen molar-refractivity contribution in [3.63, 3.8) is 0 Å². The fourth-order valence-corrected chi connectivity index (χ4v) is 5.44. The molecule has 4 aliphatic heterocycles. The van der Waals surface area contributed by atoms with Gasteiger partial charge in [0, 0.05) is 62.2 Å². The molecule has 2 N–H and O–H groups in total. The third-order valence-electron chi connectivity index (χ3n) is 6.54. The van der Waals surface area contributed by atoms with Crippen molar-refractivity contribution in [2.75, 3.05) is 39.3 Å². The van der Waals surface area contributed by atoms with E-state index >= 15 is 0 Å². The number of carbonyl (C=O) groups excluding carboxylic acids is 1. The lowest BCUT2D eigenvalue weighted by Crippen LogP contribution is -2.70. The Morgan fingerprint density at radius 1 is 1.00 bits per heavy atom. The number of aromatic hydroxyl groups is 1. The van der Waals surface area contributed by atoms with Crippen molar-refractivity contribution >= 4 is 5.91 Å². The van der Waals surface area contributed by atoms with Crippen LogP contribution in [0, 0.1) is 5.92 Å². The predicted molar refractivity (Wildman–Crippen MR) is 104 cm³/mol. The van der Waals surface area contributed by atoms with Crippen LogP contribution in [0.15, 0.2) is 54.6 Å². The van der Waals surface area contributed by atoms with Crippen molar-refractivity contribution in [1.82, 2.24) is 15.1 Å². The number of nitrogens with zero attached hydrogens (tertiary/aromatic N) is 2. The summed E-state index contributed by atoms with van der Waals surface area (Å²) in [7, 11) is 0. The molecule has 2 aromatic rings. The van der Waals surface area contributed by atoms with Gasteiger partial charge in [-0.15, -0.1) is 0 Å². The highest BCUT2D eigenvalue weighted by atomic mass is 16.3. The summed E-state index contributed by atoms with van der Waals surface area (Å²) in [6, 6.07) is 17.4. The Hall–Kier alpha value is -2.37. The smallest absolute Gasteiger partial charge is 0.251 e. The fraction of sp³-hybridized carbons (Fsp3) is 0.409. The molecular formula is C22H25N3O2. The highest BCUT2D eigenvalue weighted by Crippen LogP contribution is 2.43. The van der Waals surface area contributed by atoms with E-state index in [1.807, 2.05) is 0 Å². The average Bonchev–Trinajstić information content (AvgIpc) is 2.93. The zero-order valence-corrected chi connectivity index (χ0v) is 15.3. The van der Waals surface area contributed by atoms with Crippen LogP contribution in [-0.2, 0) is 5.41 Å². The van der Waals surface area contributed by atoms with Crippen LogP contribution in [0.5, 0.6) is 5.75 Å². The van der Waals surface area contributed by atoms with Crippen LogP contribution in [0.2, 0.25) is 0 Å². The number of hydrogen-bond acceptors (Lipinski definition) is 4. The number of hydrogen-bond donors (Lipinski definition) is 2. The van der Waals surface area contributed by atoms with Gasteiger partial charge < -0.3 is 20.2 Å². The van der Waals surface area contributed by atoms with Crippen molar-refractivity contribution in [1.29, 1.82) is 0 Å².